The zero-order chi connectivity index (χ0) is 19.3. The molecular formula is C16H15Cl2N3O5. The Morgan fingerprint density at radius 3 is 2.62 bits per heavy atom. The van der Waals surface area contributed by atoms with Crippen molar-refractivity contribution in [2.75, 3.05) is 6.61 Å². The van der Waals surface area contributed by atoms with Gasteiger partial charge in [-0.05, 0) is 24.6 Å². The van der Waals surface area contributed by atoms with Crippen molar-refractivity contribution in [3.8, 4) is 0 Å². The number of rotatable bonds is 6. The summed E-state index contributed by atoms with van der Waals surface area (Å²) in [5, 5.41) is 3.41. The van der Waals surface area contributed by atoms with Crippen LogP contribution in [0.3, 0.4) is 0 Å². The topological polar surface area (TPSA) is 110 Å². The van der Waals surface area contributed by atoms with Gasteiger partial charge in [-0.2, -0.15) is 0 Å². The van der Waals surface area contributed by atoms with Gasteiger partial charge in [0.15, 0.2) is 6.61 Å². The third-order valence-electron chi connectivity index (χ3n) is 3.38. The van der Waals surface area contributed by atoms with Crippen molar-refractivity contribution in [3.05, 3.63) is 66.9 Å². The molecule has 2 rings (SSSR count). The van der Waals surface area contributed by atoms with Crippen LogP contribution in [0.15, 0.2) is 40.1 Å². The molecular weight excluding hydrogens is 385 g/mol. The first-order chi connectivity index (χ1) is 12.3. The van der Waals surface area contributed by atoms with Crippen molar-refractivity contribution in [2.45, 2.75) is 19.5 Å². The van der Waals surface area contributed by atoms with E-state index in [1.54, 1.807) is 25.1 Å². The van der Waals surface area contributed by atoms with Gasteiger partial charge in [0, 0.05) is 12.3 Å². The molecule has 2 aromatic rings. The molecule has 0 aliphatic rings. The molecule has 8 nitrogen and oxygen atoms in total. The minimum absolute atomic E-state index is 0.364. The summed E-state index contributed by atoms with van der Waals surface area (Å²) in [4.78, 5) is 48.0. The van der Waals surface area contributed by atoms with Crippen LogP contribution in [0.4, 0.5) is 0 Å². The Morgan fingerprint density at radius 2 is 1.96 bits per heavy atom. The number of nitrogens with one attached hydrogen (secondary N) is 2. The largest absolute Gasteiger partial charge is 0.454 e. The Hall–Kier alpha value is -2.58. The lowest BCUT2D eigenvalue weighted by atomic mass is 10.1. The van der Waals surface area contributed by atoms with Crippen molar-refractivity contribution in [3.63, 3.8) is 0 Å². The molecule has 2 N–H and O–H groups in total. The van der Waals surface area contributed by atoms with Crippen LogP contribution in [0, 0.1) is 0 Å². The number of halogens is 2. The number of hydrogen-bond acceptors (Lipinski definition) is 5. The fourth-order valence-corrected chi connectivity index (χ4v) is 2.35. The van der Waals surface area contributed by atoms with Gasteiger partial charge in [-0.25, -0.2) is 4.79 Å². The molecule has 0 spiro atoms. The molecule has 1 aromatic heterocycles. The molecule has 0 aliphatic heterocycles. The zero-order valence-corrected chi connectivity index (χ0v) is 15.1. The van der Waals surface area contributed by atoms with E-state index in [9.17, 15) is 19.2 Å². The lowest BCUT2D eigenvalue weighted by Gasteiger charge is -2.15. The molecule has 1 amide bonds. The average Bonchev–Trinajstić information content (AvgIpc) is 2.58. The summed E-state index contributed by atoms with van der Waals surface area (Å²) in [5.74, 6) is -1.32. The SMILES string of the molecule is C[C@H](NC(=O)COC(=O)Cn1ccc(=O)[nH]c1=O)c1ccc(Cl)c(Cl)c1. The van der Waals surface area contributed by atoms with E-state index in [2.05, 4.69) is 5.32 Å². The van der Waals surface area contributed by atoms with Crippen LogP contribution in [0.25, 0.3) is 0 Å². The smallest absolute Gasteiger partial charge is 0.328 e. The van der Waals surface area contributed by atoms with E-state index in [1.165, 1.54) is 0 Å². The Morgan fingerprint density at radius 1 is 1.23 bits per heavy atom. The summed E-state index contributed by atoms with van der Waals surface area (Å²) in [6.45, 7) is 0.799. The van der Waals surface area contributed by atoms with Crippen molar-refractivity contribution in [1.82, 2.24) is 14.9 Å². The molecule has 1 aromatic carbocycles. The molecule has 1 heterocycles. The van der Waals surface area contributed by atoms with Crippen LogP contribution in [0.5, 0.6) is 0 Å². The number of aromatic amines is 1. The third-order valence-corrected chi connectivity index (χ3v) is 4.12. The van der Waals surface area contributed by atoms with E-state index in [0.29, 0.717) is 10.0 Å². The fourth-order valence-electron chi connectivity index (χ4n) is 2.05. The number of carbonyl (C=O) groups excluding carboxylic acids is 2. The summed E-state index contributed by atoms with van der Waals surface area (Å²) >= 11 is 11.8. The minimum atomic E-state index is -0.795. The number of benzene rings is 1. The van der Waals surface area contributed by atoms with Crippen LogP contribution in [0.1, 0.15) is 18.5 Å². The number of amides is 1. The fraction of sp³-hybridized carbons (Fsp3) is 0.250. The maximum Gasteiger partial charge on any atom is 0.328 e. The number of esters is 1. The minimum Gasteiger partial charge on any atom is -0.454 e. The molecule has 0 fully saturated rings. The van der Waals surface area contributed by atoms with Gasteiger partial charge in [0.25, 0.3) is 11.5 Å². The molecule has 0 saturated carbocycles. The molecule has 0 bridgehead atoms. The van der Waals surface area contributed by atoms with E-state index in [1.807, 2.05) is 4.98 Å². The molecule has 0 radical (unpaired) electrons. The highest BCUT2D eigenvalue weighted by Crippen LogP contribution is 2.25. The van der Waals surface area contributed by atoms with E-state index in [-0.39, 0.29) is 6.04 Å². The van der Waals surface area contributed by atoms with Crippen molar-refractivity contribution in [1.29, 1.82) is 0 Å². The highest BCUT2D eigenvalue weighted by molar-refractivity contribution is 6.42. The Bertz CT molecular complexity index is 938. The van der Waals surface area contributed by atoms with Crippen LogP contribution in [-0.4, -0.2) is 28.0 Å². The van der Waals surface area contributed by atoms with Crippen molar-refractivity contribution in [2.24, 2.45) is 0 Å². The van der Waals surface area contributed by atoms with Gasteiger partial charge in [-0.3, -0.25) is 23.9 Å². The maximum atomic E-state index is 11.9. The number of aromatic nitrogens is 2. The van der Waals surface area contributed by atoms with Crippen LogP contribution < -0.4 is 16.6 Å². The van der Waals surface area contributed by atoms with Crippen LogP contribution in [0.2, 0.25) is 10.0 Å². The molecule has 10 heteroatoms. The standard InChI is InChI=1S/C16H15Cl2N3O5/c1-9(10-2-3-11(17)12(18)6-10)19-14(23)8-26-15(24)7-21-5-4-13(22)20-16(21)25/h2-6,9H,7-8H2,1H3,(H,19,23)(H,20,22,25)/t9-/m0/s1. The Kier molecular flexibility index (Phi) is 6.59. The predicted octanol–water partition coefficient (Wildman–Crippen LogP) is 1.26. The van der Waals surface area contributed by atoms with Gasteiger partial charge >= 0.3 is 11.7 Å². The average molecular weight is 400 g/mol. The second-order valence-electron chi connectivity index (χ2n) is 5.36. The molecule has 0 aliphatic carbocycles. The molecule has 0 unspecified atom stereocenters. The maximum absolute atomic E-state index is 11.9. The summed E-state index contributed by atoms with van der Waals surface area (Å²) in [7, 11) is 0. The first kappa shape index (κ1) is 19.7. The van der Waals surface area contributed by atoms with Crippen molar-refractivity contribution >= 4 is 35.1 Å². The van der Waals surface area contributed by atoms with E-state index in [0.717, 1.165) is 22.4 Å². The van der Waals surface area contributed by atoms with E-state index < -0.39 is 36.3 Å². The Balaban J connectivity index is 1.85. The first-order valence-corrected chi connectivity index (χ1v) is 8.21. The summed E-state index contributed by atoms with van der Waals surface area (Å²) < 4.78 is 5.78. The highest BCUT2D eigenvalue weighted by atomic mass is 35.5. The van der Waals surface area contributed by atoms with E-state index in [4.69, 9.17) is 27.9 Å². The second kappa shape index (κ2) is 8.68. The lowest BCUT2D eigenvalue weighted by Crippen LogP contribution is -2.34. The molecule has 1 atom stereocenters. The Labute approximate surface area is 157 Å². The highest BCUT2D eigenvalue weighted by Gasteiger charge is 2.13. The van der Waals surface area contributed by atoms with Gasteiger partial charge in [0.05, 0.1) is 16.1 Å². The van der Waals surface area contributed by atoms with Gasteiger partial charge in [0.2, 0.25) is 0 Å². The number of hydrogen-bond donors (Lipinski definition) is 2. The number of H-pyrrole nitrogens is 1. The van der Waals surface area contributed by atoms with Gasteiger partial charge in [-0.1, -0.05) is 29.3 Å². The van der Waals surface area contributed by atoms with Crippen LogP contribution in [-0.2, 0) is 20.9 Å². The van der Waals surface area contributed by atoms with Gasteiger partial charge < -0.3 is 10.1 Å². The normalized spacial score (nSPS) is 11.7. The van der Waals surface area contributed by atoms with Gasteiger partial charge in [0.1, 0.15) is 6.54 Å². The zero-order valence-electron chi connectivity index (χ0n) is 13.6. The lowest BCUT2D eigenvalue weighted by molar-refractivity contribution is -0.149. The summed E-state index contributed by atoms with van der Waals surface area (Å²) in [5.41, 5.74) is -0.582. The third kappa shape index (κ3) is 5.47. The first-order valence-electron chi connectivity index (χ1n) is 7.46. The molecule has 0 saturated heterocycles. The van der Waals surface area contributed by atoms with E-state index >= 15 is 0 Å². The number of ether oxygens (including phenoxy) is 1. The number of carbonyl (C=O) groups is 2. The molecule has 26 heavy (non-hydrogen) atoms. The summed E-state index contributed by atoms with van der Waals surface area (Å²) in [6, 6.07) is 5.68. The quantitative estimate of drug-likeness (QED) is 0.710. The number of nitrogens with zero attached hydrogens (tertiary/aromatic N) is 1. The van der Waals surface area contributed by atoms with Crippen LogP contribution >= 0.6 is 23.2 Å². The summed E-state index contributed by atoms with van der Waals surface area (Å²) in [6.07, 6.45) is 1.16. The second-order valence-corrected chi connectivity index (χ2v) is 6.18. The monoisotopic (exact) mass is 399 g/mol. The van der Waals surface area contributed by atoms with Crippen molar-refractivity contribution < 1.29 is 14.3 Å². The predicted molar refractivity (Wildman–Crippen MR) is 95.3 cm³/mol. The molecule has 138 valence electrons. The van der Waals surface area contributed by atoms with Gasteiger partial charge in [-0.15, -0.1) is 0 Å².